The molecular weight excluding hydrogens is 264 g/mol. The summed E-state index contributed by atoms with van der Waals surface area (Å²) in [6.07, 6.45) is 1.72. The molecule has 0 radical (unpaired) electrons. The van der Waals surface area contributed by atoms with Crippen molar-refractivity contribution in [2.75, 3.05) is 6.26 Å². The molecular formula is C14H12O4S. The van der Waals surface area contributed by atoms with Gasteiger partial charge < -0.3 is 5.11 Å². The monoisotopic (exact) mass is 276 g/mol. The number of phenolic OH excluding ortho intramolecular Hbond substituents is 1. The molecule has 0 aliphatic carbocycles. The van der Waals surface area contributed by atoms with E-state index in [-0.39, 0.29) is 16.2 Å². The first kappa shape index (κ1) is 13.3. The van der Waals surface area contributed by atoms with E-state index in [1.54, 1.807) is 24.3 Å². The number of aromatic hydroxyl groups is 1. The molecule has 0 heterocycles. The standard InChI is InChI=1S/C14H12O4S/c1-19(17,18)13-5-2-10(3-6-13)11-4-7-14(16)12(8-11)9-15/h2-9,16H,1H3. The molecule has 0 unspecified atom stereocenters. The normalized spacial score (nSPS) is 11.2. The molecule has 0 bridgehead atoms. The summed E-state index contributed by atoms with van der Waals surface area (Å²) in [4.78, 5) is 11.0. The summed E-state index contributed by atoms with van der Waals surface area (Å²) < 4.78 is 22.7. The van der Waals surface area contributed by atoms with Gasteiger partial charge >= 0.3 is 0 Å². The van der Waals surface area contributed by atoms with Gasteiger partial charge in [0.25, 0.3) is 0 Å². The fraction of sp³-hybridized carbons (Fsp3) is 0.0714. The zero-order valence-electron chi connectivity index (χ0n) is 10.2. The van der Waals surface area contributed by atoms with Gasteiger partial charge in [0, 0.05) is 6.26 Å². The molecule has 0 saturated heterocycles. The average molecular weight is 276 g/mol. The maximum atomic E-state index is 11.3. The van der Waals surface area contributed by atoms with Crippen molar-refractivity contribution in [1.82, 2.24) is 0 Å². The van der Waals surface area contributed by atoms with Crippen LogP contribution >= 0.6 is 0 Å². The summed E-state index contributed by atoms with van der Waals surface area (Å²) >= 11 is 0. The second kappa shape index (κ2) is 4.85. The molecule has 0 aliphatic heterocycles. The number of hydrogen-bond donors (Lipinski definition) is 1. The van der Waals surface area contributed by atoms with Gasteiger partial charge in [-0.3, -0.25) is 4.79 Å². The van der Waals surface area contributed by atoms with Crippen LogP contribution in [-0.4, -0.2) is 26.1 Å². The number of aldehydes is 1. The van der Waals surface area contributed by atoms with E-state index in [9.17, 15) is 18.3 Å². The topological polar surface area (TPSA) is 71.4 Å². The van der Waals surface area contributed by atoms with Crippen LogP contribution in [0.15, 0.2) is 47.4 Å². The summed E-state index contributed by atoms with van der Waals surface area (Å²) in [5, 5.41) is 9.42. The van der Waals surface area contributed by atoms with Crippen molar-refractivity contribution in [2.45, 2.75) is 4.90 Å². The number of benzene rings is 2. The van der Waals surface area contributed by atoms with Crippen molar-refractivity contribution in [2.24, 2.45) is 0 Å². The Morgan fingerprint density at radius 3 is 2.11 bits per heavy atom. The van der Waals surface area contributed by atoms with E-state index in [4.69, 9.17) is 0 Å². The summed E-state index contributed by atoms with van der Waals surface area (Å²) in [6, 6.07) is 11.0. The molecule has 19 heavy (non-hydrogen) atoms. The lowest BCUT2D eigenvalue weighted by Gasteiger charge is -2.05. The zero-order chi connectivity index (χ0) is 14.0. The number of hydrogen-bond acceptors (Lipinski definition) is 4. The molecule has 0 atom stereocenters. The minimum absolute atomic E-state index is 0.0773. The first-order valence-corrected chi connectivity index (χ1v) is 7.39. The molecule has 2 aromatic rings. The van der Waals surface area contributed by atoms with Crippen LogP contribution in [0.2, 0.25) is 0 Å². The highest BCUT2D eigenvalue weighted by atomic mass is 32.2. The maximum absolute atomic E-state index is 11.3. The van der Waals surface area contributed by atoms with Crippen LogP contribution in [0.5, 0.6) is 5.75 Å². The lowest BCUT2D eigenvalue weighted by molar-refractivity contribution is 0.112. The Labute approximate surface area is 111 Å². The molecule has 0 amide bonds. The first-order chi connectivity index (χ1) is 8.91. The van der Waals surface area contributed by atoms with Crippen molar-refractivity contribution >= 4 is 16.1 Å². The van der Waals surface area contributed by atoms with Gasteiger partial charge in [-0.1, -0.05) is 18.2 Å². The lowest BCUT2D eigenvalue weighted by Crippen LogP contribution is -1.96. The van der Waals surface area contributed by atoms with E-state index >= 15 is 0 Å². The predicted octanol–water partition coefficient (Wildman–Crippen LogP) is 2.28. The summed E-state index contributed by atoms with van der Waals surface area (Å²) in [5.41, 5.74) is 1.71. The predicted molar refractivity (Wildman–Crippen MR) is 72.0 cm³/mol. The fourth-order valence-electron chi connectivity index (χ4n) is 1.72. The van der Waals surface area contributed by atoms with Gasteiger partial charge in [0.2, 0.25) is 0 Å². The Kier molecular flexibility index (Phi) is 3.40. The van der Waals surface area contributed by atoms with Gasteiger partial charge in [0.05, 0.1) is 10.5 Å². The van der Waals surface area contributed by atoms with Gasteiger partial charge in [-0.05, 0) is 35.4 Å². The number of rotatable bonds is 3. The molecule has 5 heteroatoms. The van der Waals surface area contributed by atoms with Crippen LogP contribution < -0.4 is 0 Å². The lowest BCUT2D eigenvalue weighted by atomic mass is 10.0. The van der Waals surface area contributed by atoms with E-state index in [2.05, 4.69) is 0 Å². The third-order valence-electron chi connectivity index (χ3n) is 2.77. The minimum atomic E-state index is -3.22. The third kappa shape index (κ3) is 2.82. The molecule has 0 spiro atoms. The zero-order valence-corrected chi connectivity index (χ0v) is 11.0. The number of carbonyl (C=O) groups is 1. The molecule has 0 aliphatic rings. The summed E-state index contributed by atoms with van der Waals surface area (Å²) in [7, 11) is -3.22. The number of carbonyl (C=O) groups excluding carboxylic acids is 1. The van der Waals surface area contributed by atoms with Crippen LogP contribution in [-0.2, 0) is 9.84 Å². The van der Waals surface area contributed by atoms with E-state index in [0.717, 1.165) is 17.4 Å². The van der Waals surface area contributed by atoms with Gasteiger partial charge in [-0.25, -0.2) is 8.42 Å². The van der Waals surface area contributed by atoms with Crippen molar-refractivity contribution in [3.05, 3.63) is 48.0 Å². The van der Waals surface area contributed by atoms with E-state index in [0.29, 0.717) is 6.29 Å². The van der Waals surface area contributed by atoms with Gasteiger partial charge in [0.15, 0.2) is 16.1 Å². The van der Waals surface area contributed by atoms with E-state index < -0.39 is 9.84 Å². The Hall–Kier alpha value is -2.14. The molecule has 4 nitrogen and oxygen atoms in total. The highest BCUT2D eigenvalue weighted by molar-refractivity contribution is 7.90. The number of phenols is 1. The molecule has 0 saturated carbocycles. The summed E-state index contributed by atoms with van der Waals surface area (Å²) in [6.45, 7) is 0. The van der Waals surface area contributed by atoms with E-state index in [1.807, 2.05) is 0 Å². The minimum Gasteiger partial charge on any atom is -0.507 e. The molecule has 0 aromatic heterocycles. The fourth-order valence-corrected chi connectivity index (χ4v) is 2.35. The molecule has 2 rings (SSSR count). The van der Waals surface area contributed by atoms with Crippen LogP contribution in [0, 0.1) is 0 Å². The Bertz CT molecular complexity index is 716. The molecule has 0 fully saturated rings. The largest absolute Gasteiger partial charge is 0.507 e. The SMILES string of the molecule is CS(=O)(=O)c1ccc(-c2ccc(O)c(C=O)c2)cc1. The highest BCUT2D eigenvalue weighted by Crippen LogP contribution is 2.25. The Balaban J connectivity index is 2.46. The highest BCUT2D eigenvalue weighted by Gasteiger charge is 2.08. The van der Waals surface area contributed by atoms with Crippen molar-refractivity contribution in [1.29, 1.82) is 0 Å². The van der Waals surface area contributed by atoms with Crippen molar-refractivity contribution < 1.29 is 18.3 Å². The van der Waals surface area contributed by atoms with Crippen LogP contribution in [0.3, 0.4) is 0 Å². The molecule has 1 N–H and O–H groups in total. The van der Waals surface area contributed by atoms with Crippen molar-refractivity contribution in [3.8, 4) is 16.9 Å². The van der Waals surface area contributed by atoms with Crippen LogP contribution in [0.1, 0.15) is 10.4 Å². The van der Waals surface area contributed by atoms with Crippen LogP contribution in [0.25, 0.3) is 11.1 Å². The van der Waals surface area contributed by atoms with Gasteiger partial charge in [0.1, 0.15) is 5.75 Å². The van der Waals surface area contributed by atoms with E-state index in [1.165, 1.54) is 18.2 Å². The molecule has 98 valence electrons. The number of sulfone groups is 1. The Morgan fingerprint density at radius 1 is 1.00 bits per heavy atom. The molecule has 2 aromatic carbocycles. The third-order valence-corrected chi connectivity index (χ3v) is 3.90. The van der Waals surface area contributed by atoms with Gasteiger partial charge in [-0.2, -0.15) is 0 Å². The maximum Gasteiger partial charge on any atom is 0.175 e. The quantitative estimate of drug-likeness (QED) is 0.873. The second-order valence-corrected chi connectivity index (χ2v) is 6.20. The Morgan fingerprint density at radius 2 is 1.58 bits per heavy atom. The van der Waals surface area contributed by atoms with Crippen molar-refractivity contribution in [3.63, 3.8) is 0 Å². The second-order valence-electron chi connectivity index (χ2n) is 4.19. The smallest absolute Gasteiger partial charge is 0.175 e. The summed E-state index contributed by atoms with van der Waals surface area (Å²) in [5.74, 6) is -0.0773. The van der Waals surface area contributed by atoms with Gasteiger partial charge in [-0.15, -0.1) is 0 Å². The van der Waals surface area contributed by atoms with Crippen LogP contribution in [0.4, 0.5) is 0 Å². The first-order valence-electron chi connectivity index (χ1n) is 5.50. The average Bonchev–Trinajstić information content (AvgIpc) is 2.38.